The van der Waals surface area contributed by atoms with Crippen LogP contribution in [0, 0.1) is 6.92 Å². The van der Waals surface area contributed by atoms with Gasteiger partial charge in [-0.2, -0.15) is 0 Å². The molecule has 1 atom stereocenters. The van der Waals surface area contributed by atoms with Crippen LogP contribution in [0.5, 0.6) is 0 Å². The quantitative estimate of drug-likeness (QED) is 0.703. The van der Waals surface area contributed by atoms with E-state index in [9.17, 15) is 18.8 Å². The molecule has 4 rings (SSSR count). The first-order chi connectivity index (χ1) is 13.8. The Balaban J connectivity index is 0.000000252. The standard InChI is InChI=1S/C14H14N2O3.C6H12FN.C2H6/c1-8-2-3-10-9(6-8)7-16(14(10)19)11-4-5-12(17)15-13(11)18;7-5-1-3-6(8)4-2-5;1-2/h2-3,6,11H,4-5,7H2,1H3,(H,15,17,18);5-6H,1-4,8H2;1-2H3. The summed E-state index contributed by atoms with van der Waals surface area (Å²) in [6.07, 6.45) is 3.25. The van der Waals surface area contributed by atoms with Crippen LogP contribution in [0.4, 0.5) is 4.39 Å². The van der Waals surface area contributed by atoms with Crippen molar-refractivity contribution in [3.8, 4) is 0 Å². The second kappa shape index (κ2) is 10.5. The summed E-state index contributed by atoms with van der Waals surface area (Å²) < 4.78 is 12.3. The highest BCUT2D eigenvalue weighted by molar-refractivity contribution is 6.05. The maximum atomic E-state index is 12.3. The molecule has 0 radical (unpaired) electrons. The van der Waals surface area contributed by atoms with E-state index in [1.807, 2.05) is 32.9 Å². The molecule has 2 aliphatic heterocycles. The summed E-state index contributed by atoms with van der Waals surface area (Å²) in [5, 5.41) is 2.29. The number of halogens is 1. The molecule has 0 spiro atoms. The van der Waals surface area contributed by atoms with Crippen LogP contribution in [0.2, 0.25) is 0 Å². The Morgan fingerprint density at radius 2 is 1.72 bits per heavy atom. The van der Waals surface area contributed by atoms with Gasteiger partial charge in [-0.3, -0.25) is 19.7 Å². The van der Waals surface area contributed by atoms with Crippen LogP contribution in [0.25, 0.3) is 0 Å². The van der Waals surface area contributed by atoms with Gasteiger partial charge in [0.05, 0.1) is 0 Å². The second-order valence-corrected chi connectivity index (χ2v) is 7.57. The summed E-state index contributed by atoms with van der Waals surface area (Å²) in [5.74, 6) is -0.750. The molecule has 1 aliphatic carbocycles. The largest absolute Gasteiger partial charge is 0.328 e. The van der Waals surface area contributed by atoms with Crippen molar-refractivity contribution in [1.82, 2.24) is 10.2 Å². The van der Waals surface area contributed by atoms with E-state index in [4.69, 9.17) is 5.73 Å². The van der Waals surface area contributed by atoms with Crippen molar-refractivity contribution in [1.29, 1.82) is 0 Å². The van der Waals surface area contributed by atoms with Gasteiger partial charge in [0.1, 0.15) is 12.2 Å². The number of fused-ring (bicyclic) bond motifs is 1. The molecule has 0 bridgehead atoms. The minimum Gasteiger partial charge on any atom is -0.328 e. The molecule has 1 unspecified atom stereocenters. The molecule has 1 saturated heterocycles. The first kappa shape index (κ1) is 23.0. The third-order valence-corrected chi connectivity index (χ3v) is 5.38. The normalized spacial score (nSPS) is 25.9. The average molecular weight is 406 g/mol. The lowest BCUT2D eigenvalue weighted by Crippen LogP contribution is -2.52. The SMILES string of the molecule is CC.Cc1ccc2c(c1)CN(C1CCC(=O)NC1=O)C2=O.NC1CCC(F)CC1. The lowest BCUT2D eigenvalue weighted by molar-refractivity contribution is -0.136. The maximum absolute atomic E-state index is 12.3. The van der Waals surface area contributed by atoms with Gasteiger partial charge in [-0.25, -0.2) is 4.39 Å². The Labute approximate surface area is 172 Å². The van der Waals surface area contributed by atoms with E-state index in [1.165, 1.54) is 0 Å². The van der Waals surface area contributed by atoms with E-state index < -0.39 is 12.2 Å². The predicted molar refractivity (Wildman–Crippen MR) is 110 cm³/mol. The van der Waals surface area contributed by atoms with Crippen molar-refractivity contribution < 1.29 is 18.8 Å². The maximum Gasteiger partial charge on any atom is 0.255 e. The topological polar surface area (TPSA) is 92.5 Å². The van der Waals surface area contributed by atoms with Crippen molar-refractivity contribution in [3.63, 3.8) is 0 Å². The van der Waals surface area contributed by atoms with Crippen LogP contribution >= 0.6 is 0 Å². The zero-order chi connectivity index (χ0) is 21.6. The lowest BCUT2D eigenvalue weighted by Gasteiger charge is -2.29. The summed E-state index contributed by atoms with van der Waals surface area (Å²) in [6.45, 7) is 6.42. The van der Waals surface area contributed by atoms with Gasteiger partial charge in [-0.05, 0) is 50.7 Å². The molecule has 3 aliphatic rings. The number of nitrogens with one attached hydrogen (secondary N) is 1. The molecular formula is C22H32FN3O3. The highest BCUT2D eigenvalue weighted by Crippen LogP contribution is 2.27. The Kier molecular flexibility index (Phi) is 8.32. The van der Waals surface area contributed by atoms with Gasteiger partial charge in [-0.15, -0.1) is 0 Å². The van der Waals surface area contributed by atoms with E-state index in [2.05, 4.69) is 5.32 Å². The zero-order valence-corrected chi connectivity index (χ0v) is 17.5. The number of hydrogen-bond acceptors (Lipinski definition) is 4. The van der Waals surface area contributed by atoms with Crippen LogP contribution in [0.3, 0.4) is 0 Å². The Hall–Kier alpha value is -2.28. The molecular weight excluding hydrogens is 373 g/mol. The summed E-state index contributed by atoms with van der Waals surface area (Å²) in [7, 11) is 0. The number of imide groups is 1. The summed E-state index contributed by atoms with van der Waals surface area (Å²) >= 11 is 0. The number of amides is 3. The Morgan fingerprint density at radius 1 is 1.07 bits per heavy atom. The monoisotopic (exact) mass is 405 g/mol. The van der Waals surface area contributed by atoms with Gasteiger partial charge in [-0.1, -0.05) is 31.5 Å². The fourth-order valence-electron chi connectivity index (χ4n) is 3.78. The fourth-order valence-corrected chi connectivity index (χ4v) is 3.78. The van der Waals surface area contributed by atoms with Crippen LogP contribution in [0.15, 0.2) is 18.2 Å². The number of nitrogens with zero attached hydrogens (tertiary/aromatic N) is 1. The minimum absolute atomic E-state index is 0.121. The molecule has 3 amide bonds. The average Bonchev–Trinajstić information content (AvgIpc) is 3.02. The Bertz CT molecular complexity index is 735. The highest BCUT2D eigenvalue weighted by atomic mass is 19.1. The number of hydrogen-bond donors (Lipinski definition) is 2. The fraction of sp³-hybridized carbons (Fsp3) is 0.591. The number of alkyl halides is 1. The van der Waals surface area contributed by atoms with Crippen molar-refractivity contribution in [3.05, 3.63) is 34.9 Å². The Morgan fingerprint density at radius 3 is 2.31 bits per heavy atom. The highest BCUT2D eigenvalue weighted by Gasteiger charge is 2.38. The van der Waals surface area contributed by atoms with Crippen molar-refractivity contribution in [2.75, 3.05) is 0 Å². The summed E-state index contributed by atoms with van der Waals surface area (Å²) in [5.41, 5.74) is 8.24. The van der Waals surface area contributed by atoms with Crippen LogP contribution in [-0.4, -0.2) is 40.9 Å². The van der Waals surface area contributed by atoms with Gasteiger partial charge >= 0.3 is 0 Å². The third kappa shape index (κ3) is 5.85. The molecule has 1 aromatic rings. The molecule has 6 nitrogen and oxygen atoms in total. The van der Waals surface area contributed by atoms with E-state index in [-0.39, 0.29) is 30.2 Å². The number of aryl methyl sites for hydroxylation is 1. The number of carbonyl (C=O) groups is 3. The molecule has 2 fully saturated rings. The first-order valence-electron chi connectivity index (χ1n) is 10.5. The van der Waals surface area contributed by atoms with Crippen LogP contribution < -0.4 is 11.1 Å². The van der Waals surface area contributed by atoms with Gasteiger partial charge in [0.2, 0.25) is 11.8 Å². The number of piperidine rings is 1. The number of benzene rings is 1. The molecule has 3 N–H and O–H groups in total. The molecule has 1 aromatic carbocycles. The van der Waals surface area contributed by atoms with Crippen molar-refractivity contribution in [2.24, 2.45) is 5.73 Å². The van der Waals surface area contributed by atoms with Gasteiger partial charge in [0, 0.05) is 24.6 Å². The number of rotatable bonds is 1. The van der Waals surface area contributed by atoms with Crippen molar-refractivity contribution >= 4 is 17.7 Å². The van der Waals surface area contributed by atoms with Gasteiger partial charge in [0.15, 0.2) is 0 Å². The zero-order valence-electron chi connectivity index (χ0n) is 17.5. The van der Waals surface area contributed by atoms with E-state index in [1.54, 1.807) is 11.0 Å². The van der Waals surface area contributed by atoms with Crippen molar-refractivity contribution in [2.45, 2.75) is 84.1 Å². The summed E-state index contributed by atoms with van der Waals surface area (Å²) in [4.78, 5) is 36.8. The van der Waals surface area contributed by atoms with E-state index >= 15 is 0 Å². The molecule has 7 heteroatoms. The molecule has 160 valence electrons. The second-order valence-electron chi connectivity index (χ2n) is 7.57. The van der Waals surface area contributed by atoms with E-state index in [0.29, 0.717) is 31.4 Å². The molecule has 1 saturated carbocycles. The smallest absolute Gasteiger partial charge is 0.255 e. The predicted octanol–water partition coefficient (Wildman–Crippen LogP) is 3.01. The number of carbonyl (C=O) groups excluding carboxylic acids is 3. The van der Waals surface area contributed by atoms with Crippen LogP contribution in [0.1, 0.15) is 73.9 Å². The molecule has 0 aromatic heterocycles. The van der Waals surface area contributed by atoms with E-state index in [0.717, 1.165) is 24.0 Å². The molecule has 29 heavy (non-hydrogen) atoms. The van der Waals surface area contributed by atoms with Gasteiger partial charge < -0.3 is 10.6 Å². The minimum atomic E-state index is -0.560. The number of nitrogens with two attached hydrogens (primary N) is 1. The van der Waals surface area contributed by atoms with Crippen LogP contribution in [-0.2, 0) is 16.1 Å². The summed E-state index contributed by atoms with van der Waals surface area (Å²) in [6, 6.07) is 5.42. The lowest BCUT2D eigenvalue weighted by atomic mass is 9.95. The first-order valence-corrected chi connectivity index (χ1v) is 10.5. The van der Waals surface area contributed by atoms with Gasteiger partial charge in [0.25, 0.3) is 5.91 Å². The molecule has 2 heterocycles. The third-order valence-electron chi connectivity index (χ3n) is 5.38.